The van der Waals surface area contributed by atoms with Crippen LogP contribution in [0.5, 0.6) is 0 Å². The van der Waals surface area contributed by atoms with Crippen LogP contribution in [0.1, 0.15) is 31.9 Å². The fourth-order valence-corrected chi connectivity index (χ4v) is 2.31. The third-order valence-electron chi connectivity index (χ3n) is 2.18. The molecular formula is C12H18O3S. The zero-order valence-electron chi connectivity index (χ0n) is 9.90. The molecule has 1 aromatic carbocycles. The number of benzene rings is 1. The first-order valence-corrected chi connectivity index (χ1v) is 6.80. The van der Waals surface area contributed by atoms with Crippen molar-refractivity contribution in [1.29, 1.82) is 0 Å². The predicted octanol–water partition coefficient (Wildman–Crippen LogP) is 2.66. The molecule has 4 heteroatoms. The quantitative estimate of drug-likeness (QED) is 0.829. The first-order chi connectivity index (χ1) is 7.17. The molecular weight excluding hydrogens is 224 g/mol. The number of rotatable bonds is 3. The fourth-order valence-electron chi connectivity index (χ4n) is 1.64. The van der Waals surface area contributed by atoms with Gasteiger partial charge in [-0.25, -0.2) is 0 Å². The molecule has 90 valence electrons. The molecule has 0 aliphatic heterocycles. The summed E-state index contributed by atoms with van der Waals surface area (Å²) >= 11 is 0. The van der Waals surface area contributed by atoms with E-state index in [0.717, 1.165) is 12.0 Å². The first kappa shape index (κ1) is 13.2. The monoisotopic (exact) mass is 242 g/mol. The van der Waals surface area contributed by atoms with Crippen LogP contribution in [-0.2, 0) is 22.3 Å². The summed E-state index contributed by atoms with van der Waals surface area (Å²) in [6, 6.07) is 7.32. The molecule has 0 radical (unpaired) electrons. The van der Waals surface area contributed by atoms with E-state index in [1.807, 2.05) is 12.1 Å². The summed E-state index contributed by atoms with van der Waals surface area (Å²) in [7, 11) is -3.96. The molecule has 0 aliphatic rings. The van der Waals surface area contributed by atoms with Crippen molar-refractivity contribution in [2.24, 2.45) is 5.41 Å². The molecule has 0 bridgehead atoms. The first-order valence-electron chi connectivity index (χ1n) is 5.19. The average Bonchev–Trinajstić information content (AvgIpc) is 2.03. The van der Waals surface area contributed by atoms with Gasteiger partial charge in [-0.2, -0.15) is 8.42 Å². The average molecular weight is 242 g/mol. The summed E-state index contributed by atoms with van der Waals surface area (Å²) in [4.78, 5) is 0. The van der Waals surface area contributed by atoms with E-state index in [4.69, 9.17) is 4.55 Å². The summed E-state index contributed by atoms with van der Waals surface area (Å²) in [6.45, 7) is 6.28. The lowest BCUT2D eigenvalue weighted by Crippen LogP contribution is -2.12. The van der Waals surface area contributed by atoms with Gasteiger partial charge in [0.05, 0.1) is 0 Å². The zero-order chi connectivity index (χ0) is 12.4. The molecule has 0 saturated heterocycles. The van der Waals surface area contributed by atoms with Crippen LogP contribution in [0.3, 0.4) is 0 Å². The molecule has 0 heterocycles. The predicted molar refractivity (Wildman–Crippen MR) is 64.9 cm³/mol. The molecule has 0 unspecified atom stereocenters. The lowest BCUT2D eigenvalue weighted by Gasteiger charge is -2.20. The maximum Gasteiger partial charge on any atom is 0.269 e. The second-order valence-corrected chi connectivity index (χ2v) is 6.68. The van der Waals surface area contributed by atoms with E-state index in [9.17, 15) is 8.42 Å². The molecule has 0 amide bonds. The minimum Gasteiger partial charge on any atom is -0.285 e. The van der Waals surface area contributed by atoms with E-state index in [-0.39, 0.29) is 11.2 Å². The fraction of sp³-hybridized carbons (Fsp3) is 0.500. The highest BCUT2D eigenvalue weighted by Crippen LogP contribution is 2.23. The Kier molecular flexibility index (Phi) is 3.76. The molecule has 0 aromatic heterocycles. The van der Waals surface area contributed by atoms with Gasteiger partial charge in [0.25, 0.3) is 10.1 Å². The standard InChI is InChI=1S/C12H18O3S/c1-12(2,3)8-10-6-4-5-7-11(10)9-16(13,14)15/h4-7H,8-9H2,1-3H3,(H,13,14,15). The number of hydrogen-bond donors (Lipinski definition) is 1. The van der Waals surface area contributed by atoms with Gasteiger partial charge in [0.1, 0.15) is 5.75 Å². The molecule has 0 saturated carbocycles. The Morgan fingerprint density at radius 3 is 2.06 bits per heavy atom. The maximum atomic E-state index is 10.9. The highest BCUT2D eigenvalue weighted by Gasteiger charge is 2.16. The molecule has 1 rings (SSSR count). The van der Waals surface area contributed by atoms with Crippen molar-refractivity contribution in [3.8, 4) is 0 Å². The summed E-state index contributed by atoms with van der Waals surface area (Å²) in [5, 5.41) is 0. The van der Waals surface area contributed by atoms with Crippen molar-refractivity contribution >= 4 is 10.1 Å². The summed E-state index contributed by atoms with van der Waals surface area (Å²) < 4.78 is 30.6. The highest BCUT2D eigenvalue weighted by atomic mass is 32.2. The lowest BCUT2D eigenvalue weighted by molar-refractivity contribution is 0.409. The molecule has 0 atom stereocenters. The van der Waals surface area contributed by atoms with Crippen molar-refractivity contribution in [3.63, 3.8) is 0 Å². The minimum atomic E-state index is -3.96. The van der Waals surface area contributed by atoms with Crippen molar-refractivity contribution < 1.29 is 13.0 Å². The molecule has 3 nitrogen and oxygen atoms in total. The van der Waals surface area contributed by atoms with Crippen LogP contribution in [0.25, 0.3) is 0 Å². The summed E-state index contributed by atoms with van der Waals surface area (Å²) in [5.41, 5.74) is 1.75. The lowest BCUT2D eigenvalue weighted by atomic mass is 9.86. The van der Waals surface area contributed by atoms with Crippen LogP contribution in [0.2, 0.25) is 0 Å². The van der Waals surface area contributed by atoms with Gasteiger partial charge in [-0.05, 0) is 23.0 Å². The van der Waals surface area contributed by atoms with E-state index in [1.165, 1.54) is 0 Å². The number of hydrogen-bond acceptors (Lipinski definition) is 2. The molecule has 0 fully saturated rings. The highest BCUT2D eigenvalue weighted by molar-refractivity contribution is 7.85. The van der Waals surface area contributed by atoms with Gasteiger partial charge in [0.2, 0.25) is 0 Å². The second-order valence-electron chi connectivity index (χ2n) is 5.23. The van der Waals surface area contributed by atoms with Crippen molar-refractivity contribution in [1.82, 2.24) is 0 Å². The summed E-state index contributed by atoms with van der Waals surface area (Å²) in [6.07, 6.45) is 0.790. The van der Waals surface area contributed by atoms with Gasteiger partial charge in [-0.15, -0.1) is 0 Å². The van der Waals surface area contributed by atoms with Gasteiger partial charge in [-0.1, -0.05) is 45.0 Å². The Labute approximate surface area is 97.2 Å². The Hall–Kier alpha value is -0.870. The minimum absolute atomic E-state index is 0.0926. The molecule has 1 N–H and O–H groups in total. The SMILES string of the molecule is CC(C)(C)Cc1ccccc1CS(=O)(=O)O. The van der Waals surface area contributed by atoms with Crippen LogP contribution >= 0.6 is 0 Å². The smallest absolute Gasteiger partial charge is 0.269 e. The molecule has 1 aromatic rings. The van der Waals surface area contributed by atoms with Crippen molar-refractivity contribution in [3.05, 3.63) is 35.4 Å². The zero-order valence-corrected chi connectivity index (χ0v) is 10.7. The molecule has 16 heavy (non-hydrogen) atoms. The van der Waals surface area contributed by atoms with Gasteiger partial charge in [0, 0.05) is 0 Å². The van der Waals surface area contributed by atoms with Crippen molar-refractivity contribution in [2.75, 3.05) is 0 Å². The third-order valence-corrected chi connectivity index (χ3v) is 2.85. The van der Waals surface area contributed by atoms with Gasteiger partial charge < -0.3 is 0 Å². The van der Waals surface area contributed by atoms with Crippen LogP contribution in [0, 0.1) is 5.41 Å². The summed E-state index contributed by atoms with van der Waals surface area (Å²) in [5.74, 6) is -0.306. The van der Waals surface area contributed by atoms with E-state index < -0.39 is 10.1 Å². The second kappa shape index (κ2) is 4.55. The van der Waals surface area contributed by atoms with E-state index >= 15 is 0 Å². The van der Waals surface area contributed by atoms with Gasteiger partial charge in [-0.3, -0.25) is 4.55 Å². The van der Waals surface area contributed by atoms with Crippen LogP contribution in [-0.4, -0.2) is 13.0 Å². The van der Waals surface area contributed by atoms with Crippen LogP contribution in [0.15, 0.2) is 24.3 Å². The molecule has 0 aliphatic carbocycles. The van der Waals surface area contributed by atoms with Crippen LogP contribution in [0.4, 0.5) is 0 Å². The van der Waals surface area contributed by atoms with Gasteiger partial charge in [0.15, 0.2) is 0 Å². The topological polar surface area (TPSA) is 54.4 Å². The normalized spacial score (nSPS) is 12.8. The third kappa shape index (κ3) is 4.77. The Morgan fingerprint density at radius 2 is 1.62 bits per heavy atom. The Balaban J connectivity index is 3.01. The van der Waals surface area contributed by atoms with Gasteiger partial charge >= 0.3 is 0 Å². The van der Waals surface area contributed by atoms with E-state index in [2.05, 4.69) is 20.8 Å². The van der Waals surface area contributed by atoms with Crippen molar-refractivity contribution in [2.45, 2.75) is 32.9 Å². The Bertz CT molecular complexity index is 455. The van der Waals surface area contributed by atoms with Crippen LogP contribution < -0.4 is 0 Å². The van der Waals surface area contributed by atoms with E-state index in [0.29, 0.717) is 5.56 Å². The Morgan fingerprint density at radius 1 is 1.12 bits per heavy atom. The van der Waals surface area contributed by atoms with E-state index in [1.54, 1.807) is 12.1 Å². The maximum absolute atomic E-state index is 10.9. The largest absolute Gasteiger partial charge is 0.285 e. The molecule has 0 spiro atoms.